The third-order valence-corrected chi connectivity index (χ3v) is 6.41. The molecule has 18 heavy (non-hydrogen) atoms. The number of halogens is 1. The summed E-state index contributed by atoms with van der Waals surface area (Å²) in [5, 5.41) is 0. The first-order valence-electron chi connectivity index (χ1n) is 7.50. The summed E-state index contributed by atoms with van der Waals surface area (Å²) >= 11 is 0.569. The molecule has 0 N–H and O–H groups in total. The SMILES string of the molecule is C[CH]([Al][CH](C)C1=CCCCC1)C1=CCCCC1.Cl. The van der Waals surface area contributed by atoms with E-state index in [2.05, 4.69) is 26.0 Å². The molecule has 2 unspecified atom stereocenters. The van der Waals surface area contributed by atoms with Crippen molar-refractivity contribution in [2.45, 2.75) is 74.8 Å². The average molecular weight is 282 g/mol. The van der Waals surface area contributed by atoms with Crippen LogP contribution in [0.2, 0.25) is 9.56 Å². The Labute approximate surface area is 125 Å². The van der Waals surface area contributed by atoms with Gasteiger partial charge in [0.2, 0.25) is 15.2 Å². The zero-order valence-corrected chi connectivity index (χ0v) is 13.9. The van der Waals surface area contributed by atoms with Gasteiger partial charge in [-0.05, 0) is 51.4 Å². The van der Waals surface area contributed by atoms with E-state index in [1.54, 1.807) is 11.1 Å². The van der Waals surface area contributed by atoms with Gasteiger partial charge in [0, 0.05) is 0 Å². The number of hydrogen-bond acceptors (Lipinski definition) is 0. The van der Waals surface area contributed by atoms with E-state index in [4.69, 9.17) is 0 Å². The molecule has 2 aliphatic rings. The molecule has 1 radical (unpaired) electrons. The first-order chi connectivity index (χ1) is 8.27. The summed E-state index contributed by atoms with van der Waals surface area (Å²) in [5.74, 6) is 0. The molecular weight excluding hydrogens is 255 g/mol. The molecule has 2 aliphatic carbocycles. The maximum Gasteiger partial charge on any atom is 0.222 e. The Morgan fingerprint density at radius 3 is 1.61 bits per heavy atom. The fraction of sp³-hybridized carbons (Fsp3) is 0.750. The quantitative estimate of drug-likeness (QED) is 0.456. The summed E-state index contributed by atoms with van der Waals surface area (Å²) in [7, 11) is 0. The lowest BCUT2D eigenvalue weighted by atomic mass is 9.97. The second-order valence-corrected chi connectivity index (χ2v) is 8.20. The lowest BCUT2D eigenvalue weighted by Crippen LogP contribution is -2.13. The van der Waals surface area contributed by atoms with Crippen molar-refractivity contribution in [1.82, 2.24) is 0 Å². The molecule has 0 aromatic carbocycles. The molecule has 2 atom stereocenters. The molecule has 0 aliphatic heterocycles. The highest BCUT2D eigenvalue weighted by molar-refractivity contribution is 6.41. The van der Waals surface area contributed by atoms with Gasteiger partial charge in [-0.2, -0.15) is 0 Å². The van der Waals surface area contributed by atoms with Crippen LogP contribution >= 0.6 is 12.4 Å². The van der Waals surface area contributed by atoms with Gasteiger partial charge >= 0.3 is 0 Å². The lowest BCUT2D eigenvalue weighted by Gasteiger charge is -2.25. The van der Waals surface area contributed by atoms with Crippen molar-refractivity contribution in [2.75, 3.05) is 0 Å². The molecule has 0 amide bonds. The van der Waals surface area contributed by atoms with Crippen molar-refractivity contribution in [1.29, 1.82) is 0 Å². The Morgan fingerprint density at radius 1 is 0.833 bits per heavy atom. The van der Waals surface area contributed by atoms with Crippen LogP contribution in [0.3, 0.4) is 0 Å². The van der Waals surface area contributed by atoms with Gasteiger partial charge in [-0.25, -0.2) is 0 Å². The van der Waals surface area contributed by atoms with Gasteiger partial charge in [-0.3, -0.25) is 0 Å². The highest BCUT2D eigenvalue weighted by Gasteiger charge is 2.19. The Bertz CT molecular complexity index is 276. The lowest BCUT2D eigenvalue weighted by molar-refractivity contribution is 0.672. The molecule has 0 spiro atoms. The summed E-state index contributed by atoms with van der Waals surface area (Å²) in [4.78, 5) is 0. The third kappa shape index (κ3) is 4.77. The van der Waals surface area contributed by atoms with E-state index in [0.29, 0.717) is 15.2 Å². The second-order valence-electron chi connectivity index (χ2n) is 5.82. The Kier molecular flexibility index (Phi) is 7.70. The van der Waals surface area contributed by atoms with Gasteiger partial charge in [0.25, 0.3) is 0 Å². The normalized spacial score (nSPS) is 23.2. The van der Waals surface area contributed by atoms with Gasteiger partial charge in [-0.15, -0.1) is 12.4 Å². The molecular formula is C16H27AlCl. The van der Waals surface area contributed by atoms with Crippen molar-refractivity contribution < 1.29 is 0 Å². The van der Waals surface area contributed by atoms with Crippen molar-refractivity contribution in [2.24, 2.45) is 0 Å². The van der Waals surface area contributed by atoms with Gasteiger partial charge in [0.1, 0.15) is 0 Å². The molecule has 0 saturated carbocycles. The Balaban J connectivity index is 0.00000162. The highest BCUT2D eigenvalue weighted by Crippen LogP contribution is 2.34. The second kappa shape index (κ2) is 8.47. The Hall–Kier alpha value is 0.302. The number of hydrogen-bond donors (Lipinski definition) is 0. The van der Waals surface area contributed by atoms with E-state index < -0.39 is 0 Å². The van der Waals surface area contributed by atoms with Crippen LogP contribution < -0.4 is 0 Å². The molecule has 0 fully saturated rings. The first-order valence-corrected chi connectivity index (χ1v) is 8.83. The molecule has 0 aromatic rings. The molecule has 0 aromatic heterocycles. The van der Waals surface area contributed by atoms with E-state index in [-0.39, 0.29) is 12.4 Å². The monoisotopic (exact) mass is 281 g/mol. The van der Waals surface area contributed by atoms with Crippen LogP contribution in [0.25, 0.3) is 0 Å². The van der Waals surface area contributed by atoms with Gasteiger partial charge < -0.3 is 0 Å². The number of allylic oxidation sites excluding steroid dienone is 4. The molecule has 2 rings (SSSR count). The molecule has 0 bridgehead atoms. The van der Waals surface area contributed by atoms with Crippen LogP contribution in [0.4, 0.5) is 0 Å². The van der Waals surface area contributed by atoms with E-state index in [0.717, 1.165) is 9.56 Å². The average Bonchev–Trinajstić information content (AvgIpc) is 2.40. The zero-order chi connectivity index (χ0) is 12.1. The van der Waals surface area contributed by atoms with Crippen LogP contribution in [0, 0.1) is 0 Å². The molecule has 2 heteroatoms. The minimum absolute atomic E-state index is 0. The molecule has 0 heterocycles. The van der Waals surface area contributed by atoms with Crippen LogP contribution in [0.15, 0.2) is 23.3 Å². The van der Waals surface area contributed by atoms with Gasteiger partial charge in [0.15, 0.2) is 0 Å². The zero-order valence-electron chi connectivity index (χ0n) is 12.0. The van der Waals surface area contributed by atoms with Crippen LogP contribution in [-0.4, -0.2) is 15.2 Å². The maximum atomic E-state index is 2.54. The van der Waals surface area contributed by atoms with Crippen LogP contribution in [-0.2, 0) is 0 Å². The summed E-state index contributed by atoms with van der Waals surface area (Å²) in [6, 6.07) is 0. The van der Waals surface area contributed by atoms with Crippen LogP contribution in [0.1, 0.15) is 65.2 Å². The van der Waals surface area contributed by atoms with Crippen molar-refractivity contribution in [3.63, 3.8) is 0 Å². The van der Waals surface area contributed by atoms with Crippen molar-refractivity contribution >= 4 is 27.6 Å². The summed E-state index contributed by atoms with van der Waals surface area (Å²) in [6.07, 6.45) is 16.3. The summed E-state index contributed by atoms with van der Waals surface area (Å²) < 4.78 is 1.79. The van der Waals surface area contributed by atoms with Crippen molar-refractivity contribution in [3.8, 4) is 0 Å². The van der Waals surface area contributed by atoms with E-state index in [9.17, 15) is 0 Å². The first kappa shape index (κ1) is 16.4. The van der Waals surface area contributed by atoms with E-state index >= 15 is 0 Å². The largest absolute Gasteiger partial charge is 0.222 e. The van der Waals surface area contributed by atoms with Crippen molar-refractivity contribution in [3.05, 3.63) is 23.3 Å². The minimum atomic E-state index is 0. The smallest absolute Gasteiger partial charge is 0.147 e. The third-order valence-electron chi connectivity index (χ3n) is 4.40. The minimum Gasteiger partial charge on any atom is -0.147 e. The summed E-state index contributed by atoms with van der Waals surface area (Å²) in [5.41, 5.74) is 3.57. The van der Waals surface area contributed by atoms with Gasteiger partial charge in [0.05, 0.1) is 0 Å². The van der Waals surface area contributed by atoms with Crippen LogP contribution in [0.5, 0.6) is 0 Å². The molecule has 0 nitrogen and oxygen atoms in total. The standard InChI is InChI=1S/2C8H13.Al.ClH/c2*1-2-8-6-4-3-5-7-8;;/h2*2,6H,3-5,7H2,1H3;;1H. The van der Waals surface area contributed by atoms with E-state index in [1.807, 2.05) is 0 Å². The summed E-state index contributed by atoms with van der Waals surface area (Å²) in [6.45, 7) is 4.96. The fourth-order valence-electron chi connectivity index (χ4n) is 3.23. The van der Waals surface area contributed by atoms with E-state index in [1.165, 1.54) is 51.4 Å². The molecule has 0 saturated heterocycles. The maximum absolute atomic E-state index is 2.54. The topological polar surface area (TPSA) is 0 Å². The Morgan fingerprint density at radius 2 is 1.28 bits per heavy atom. The number of rotatable bonds is 4. The fourth-order valence-corrected chi connectivity index (χ4v) is 5.20. The predicted molar refractivity (Wildman–Crippen MR) is 85.0 cm³/mol. The predicted octanol–water partition coefficient (Wildman–Crippen LogP) is 5.73. The van der Waals surface area contributed by atoms with Gasteiger partial charge in [-0.1, -0.05) is 46.7 Å². The highest BCUT2D eigenvalue weighted by atomic mass is 35.5. The molecule has 101 valence electrons.